The highest BCUT2D eigenvalue weighted by Gasteiger charge is 1.95. The number of hydrogen-bond donors (Lipinski definition) is 2. The Balaban J connectivity index is 4.00. The van der Waals surface area contributed by atoms with Gasteiger partial charge < -0.3 is 11.1 Å². The summed E-state index contributed by atoms with van der Waals surface area (Å²) in [5.74, 6) is 0. The molecule has 0 aromatic carbocycles. The Hall–Kier alpha value is -0.340. The molecule has 0 atom stereocenters. The number of hydrogen-bond acceptors (Lipinski definition) is 2. The van der Waals surface area contributed by atoms with E-state index in [0.717, 1.165) is 13.0 Å². The van der Waals surface area contributed by atoms with Gasteiger partial charge in [-0.2, -0.15) is 0 Å². The molecular weight excluding hydrogens is 124 g/mol. The molecule has 2 nitrogen and oxygen atoms in total. The summed E-state index contributed by atoms with van der Waals surface area (Å²) in [6.45, 7) is 5.90. The molecule has 0 aliphatic heterocycles. The third-order valence-electron chi connectivity index (χ3n) is 1.77. The maximum Gasteiger partial charge on any atom is 0.0176 e. The van der Waals surface area contributed by atoms with Crippen LogP contribution in [0.2, 0.25) is 0 Å². The molecule has 10 heavy (non-hydrogen) atoms. The molecule has 0 spiro atoms. The molecule has 60 valence electrons. The van der Waals surface area contributed by atoms with Gasteiger partial charge in [-0.05, 0) is 26.0 Å². The highest BCUT2D eigenvalue weighted by Crippen LogP contribution is 2.04. The largest absolute Gasteiger partial charge is 0.327 e. The van der Waals surface area contributed by atoms with Crippen molar-refractivity contribution in [1.82, 2.24) is 5.32 Å². The van der Waals surface area contributed by atoms with E-state index >= 15 is 0 Å². The maximum atomic E-state index is 5.54. The van der Waals surface area contributed by atoms with Gasteiger partial charge in [-0.3, -0.25) is 0 Å². The van der Waals surface area contributed by atoms with E-state index in [4.69, 9.17) is 5.73 Å². The van der Waals surface area contributed by atoms with Gasteiger partial charge in [-0.15, -0.1) is 0 Å². The Kier molecular flexibility index (Phi) is 5.26. The molecule has 0 rings (SSSR count). The molecule has 0 saturated carbocycles. The topological polar surface area (TPSA) is 38.0 Å². The van der Waals surface area contributed by atoms with Crippen LogP contribution in [-0.4, -0.2) is 20.1 Å². The second kappa shape index (κ2) is 5.45. The van der Waals surface area contributed by atoms with Crippen molar-refractivity contribution in [2.24, 2.45) is 5.73 Å². The van der Waals surface area contributed by atoms with Gasteiger partial charge in [0.15, 0.2) is 0 Å². The first-order valence-corrected chi connectivity index (χ1v) is 3.78. The lowest BCUT2D eigenvalue weighted by Crippen LogP contribution is -2.18. The van der Waals surface area contributed by atoms with Crippen LogP contribution in [0.25, 0.3) is 0 Å². The van der Waals surface area contributed by atoms with E-state index in [1.165, 1.54) is 11.1 Å². The average Bonchev–Trinajstić information content (AvgIpc) is 1.99. The Labute approximate surface area is 63.5 Å². The van der Waals surface area contributed by atoms with Crippen molar-refractivity contribution in [3.05, 3.63) is 11.1 Å². The zero-order chi connectivity index (χ0) is 7.98. The summed E-state index contributed by atoms with van der Waals surface area (Å²) in [5.41, 5.74) is 8.29. The van der Waals surface area contributed by atoms with Crippen LogP contribution in [0.5, 0.6) is 0 Å². The van der Waals surface area contributed by atoms with Crippen LogP contribution in [0.15, 0.2) is 11.1 Å². The molecular formula is C8H18N2. The number of likely N-dealkylation sites (N-methyl/N-ethyl adjacent to an activating group) is 1. The summed E-state index contributed by atoms with van der Waals surface area (Å²) in [7, 11) is 1.94. The smallest absolute Gasteiger partial charge is 0.0176 e. The lowest BCUT2D eigenvalue weighted by atomic mass is 10.1. The highest BCUT2D eigenvalue weighted by atomic mass is 14.8. The fourth-order valence-electron chi connectivity index (χ4n) is 0.861. The highest BCUT2D eigenvalue weighted by molar-refractivity contribution is 5.14. The van der Waals surface area contributed by atoms with Gasteiger partial charge in [-0.1, -0.05) is 12.5 Å². The first kappa shape index (κ1) is 9.66. The van der Waals surface area contributed by atoms with E-state index in [1.54, 1.807) is 0 Å². The number of nitrogens with one attached hydrogen (secondary N) is 1. The van der Waals surface area contributed by atoms with E-state index in [9.17, 15) is 0 Å². The van der Waals surface area contributed by atoms with E-state index in [1.807, 2.05) is 7.05 Å². The van der Waals surface area contributed by atoms with Crippen LogP contribution < -0.4 is 11.1 Å². The average molecular weight is 142 g/mol. The summed E-state index contributed by atoms with van der Waals surface area (Å²) < 4.78 is 0. The van der Waals surface area contributed by atoms with Crippen molar-refractivity contribution >= 4 is 0 Å². The standard InChI is InChI=1S/C8H18N2/c1-4-7(2)8(5-9)6-10-3/h10H,4-6,9H2,1-3H3/b8-7-. The predicted octanol–water partition coefficient (Wildman–Crippen LogP) is 0.891. The molecule has 0 aromatic heterocycles. The molecule has 2 heteroatoms. The molecule has 0 amide bonds. The lowest BCUT2D eigenvalue weighted by Gasteiger charge is -2.07. The minimum Gasteiger partial charge on any atom is -0.327 e. The van der Waals surface area contributed by atoms with E-state index < -0.39 is 0 Å². The fraction of sp³-hybridized carbons (Fsp3) is 0.750. The van der Waals surface area contributed by atoms with Crippen LogP contribution in [-0.2, 0) is 0 Å². The molecule has 0 heterocycles. The van der Waals surface area contributed by atoms with Crippen molar-refractivity contribution in [2.75, 3.05) is 20.1 Å². The summed E-state index contributed by atoms with van der Waals surface area (Å²) in [6.07, 6.45) is 1.11. The van der Waals surface area contributed by atoms with Gasteiger partial charge in [0.05, 0.1) is 0 Å². The fourth-order valence-corrected chi connectivity index (χ4v) is 0.861. The van der Waals surface area contributed by atoms with Crippen molar-refractivity contribution in [3.8, 4) is 0 Å². The molecule has 0 aliphatic rings. The quantitative estimate of drug-likeness (QED) is 0.572. The van der Waals surface area contributed by atoms with Gasteiger partial charge in [0.25, 0.3) is 0 Å². The maximum absolute atomic E-state index is 5.54. The lowest BCUT2D eigenvalue weighted by molar-refractivity contribution is 0.833. The first-order chi connectivity index (χ1) is 4.76. The van der Waals surface area contributed by atoms with Crippen molar-refractivity contribution < 1.29 is 0 Å². The van der Waals surface area contributed by atoms with Gasteiger partial charge in [0, 0.05) is 13.1 Å². The molecule has 0 aromatic rings. The van der Waals surface area contributed by atoms with Crippen LogP contribution in [0.1, 0.15) is 20.3 Å². The summed E-state index contributed by atoms with van der Waals surface area (Å²) in [4.78, 5) is 0. The second-order valence-corrected chi connectivity index (χ2v) is 2.47. The Bertz CT molecular complexity index is 116. The molecule has 0 aliphatic carbocycles. The minimum atomic E-state index is 0.681. The molecule has 0 radical (unpaired) electrons. The third-order valence-corrected chi connectivity index (χ3v) is 1.77. The molecule has 0 bridgehead atoms. The molecule has 0 unspecified atom stereocenters. The predicted molar refractivity (Wildman–Crippen MR) is 46.0 cm³/mol. The monoisotopic (exact) mass is 142 g/mol. The summed E-state index contributed by atoms with van der Waals surface area (Å²) >= 11 is 0. The van der Waals surface area contributed by atoms with Crippen molar-refractivity contribution in [1.29, 1.82) is 0 Å². The second-order valence-electron chi connectivity index (χ2n) is 2.47. The van der Waals surface area contributed by atoms with Crippen molar-refractivity contribution in [2.45, 2.75) is 20.3 Å². The third kappa shape index (κ3) is 2.99. The Morgan fingerprint density at radius 3 is 2.40 bits per heavy atom. The SMILES string of the molecule is CC/C(C)=C(/CN)CNC. The van der Waals surface area contributed by atoms with Crippen LogP contribution in [0.4, 0.5) is 0 Å². The number of allylic oxidation sites excluding steroid dienone is 1. The van der Waals surface area contributed by atoms with Crippen LogP contribution >= 0.6 is 0 Å². The van der Waals surface area contributed by atoms with Gasteiger partial charge in [0.1, 0.15) is 0 Å². The first-order valence-electron chi connectivity index (χ1n) is 3.78. The van der Waals surface area contributed by atoms with E-state index in [2.05, 4.69) is 19.2 Å². The van der Waals surface area contributed by atoms with Crippen LogP contribution in [0, 0.1) is 0 Å². The number of nitrogens with two attached hydrogens (primary N) is 1. The van der Waals surface area contributed by atoms with Crippen molar-refractivity contribution in [3.63, 3.8) is 0 Å². The Morgan fingerprint density at radius 2 is 2.10 bits per heavy atom. The molecule has 3 N–H and O–H groups in total. The minimum absolute atomic E-state index is 0.681. The van der Waals surface area contributed by atoms with Crippen LogP contribution in [0.3, 0.4) is 0 Å². The Morgan fingerprint density at radius 1 is 1.50 bits per heavy atom. The van der Waals surface area contributed by atoms with E-state index in [0.29, 0.717) is 6.54 Å². The zero-order valence-corrected chi connectivity index (χ0v) is 7.20. The normalized spacial score (nSPS) is 13.2. The number of rotatable bonds is 4. The summed E-state index contributed by atoms with van der Waals surface area (Å²) in [6, 6.07) is 0. The van der Waals surface area contributed by atoms with Gasteiger partial charge in [-0.25, -0.2) is 0 Å². The van der Waals surface area contributed by atoms with E-state index in [-0.39, 0.29) is 0 Å². The molecule has 0 saturated heterocycles. The molecule has 0 fully saturated rings. The zero-order valence-electron chi connectivity index (χ0n) is 7.20. The van der Waals surface area contributed by atoms with Gasteiger partial charge in [0.2, 0.25) is 0 Å². The summed E-state index contributed by atoms with van der Waals surface area (Å²) in [5, 5.41) is 3.10. The van der Waals surface area contributed by atoms with Gasteiger partial charge >= 0.3 is 0 Å².